The van der Waals surface area contributed by atoms with Gasteiger partial charge in [-0.05, 0) is 25.5 Å². The molecule has 2 rings (SSSR count). The van der Waals surface area contributed by atoms with E-state index < -0.39 is 5.54 Å². The normalized spacial score (nSPS) is 25.4. The average Bonchev–Trinajstić information content (AvgIpc) is 2.68. The third kappa shape index (κ3) is 1.62. The minimum atomic E-state index is -0.766. The highest BCUT2D eigenvalue weighted by molar-refractivity contribution is 6.31. The number of carbonyl (C=O) groups is 1. The summed E-state index contributed by atoms with van der Waals surface area (Å²) in [5.41, 5.74) is 5.50. The molecule has 1 amide bonds. The van der Waals surface area contributed by atoms with Crippen molar-refractivity contribution in [3.63, 3.8) is 0 Å². The summed E-state index contributed by atoms with van der Waals surface area (Å²) < 4.78 is 0. The molecule has 1 heterocycles. The number of primary amides is 1. The second kappa shape index (κ2) is 3.83. The Morgan fingerprint density at radius 1 is 1.47 bits per heavy atom. The van der Waals surface area contributed by atoms with Gasteiger partial charge in [0.15, 0.2) is 0 Å². The highest BCUT2D eigenvalue weighted by Crippen LogP contribution is 2.34. The maximum atomic E-state index is 11.6. The van der Waals surface area contributed by atoms with Crippen molar-refractivity contribution in [2.75, 3.05) is 6.54 Å². The topological polar surface area (TPSA) is 55.1 Å². The van der Waals surface area contributed by atoms with Crippen LogP contribution < -0.4 is 11.1 Å². The lowest BCUT2D eigenvalue weighted by Crippen LogP contribution is -2.48. The zero-order valence-corrected chi connectivity index (χ0v) is 9.05. The van der Waals surface area contributed by atoms with Crippen LogP contribution in [0.2, 0.25) is 5.02 Å². The number of hydrogen-bond acceptors (Lipinski definition) is 2. The van der Waals surface area contributed by atoms with Gasteiger partial charge in [0.05, 0.1) is 0 Å². The molecule has 1 fully saturated rings. The average molecular weight is 225 g/mol. The van der Waals surface area contributed by atoms with Crippen molar-refractivity contribution in [1.82, 2.24) is 5.32 Å². The number of nitrogens with two attached hydrogens (primary N) is 1. The minimum absolute atomic E-state index is 0.354. The van der Waals surface area contributed by atoms with Crippen LogP contribution in [0.1, 0.15) is 18.4 Å². The van der Waals surface area contributed by atoms with E-state index in [2.05, 4.69) is 5.32 Å². The molecule has 0 aromatic heterocycles. The lowest BCUT2D eigenvalue weighted by molar-refractivity contribution is -0.124. The molecule has 0 bridgehead atoms. The van der Waals surface area contributed by atoms with Crippen molar-refractivity contribution < 1.29 is 4.79 Å². The molecule has 1 atom stereocenters. The van der Waals surface area contributed by atoms with Gasteiger partial charge in [-0.1, -0.05) is 29.8 Å². The second-order valence-electron chi connectivity index (χ2n) is 3.78. The fourth-order valence-corrected chi connectivity index (χ4v) is 2.42. The van der Waals surface area contributed by atoms with Crippen molar-refractivity contribution >= 4 is 17.5 Å². The number of carbonyl (C=O) groups excluding carboxylic acids is 1. The summed E-state index contributed by atoms with van der Waals surface area (Å²) in [6, 6.07) is 7.34. The first-order valence-corrected chi connectivity index (χ1v) is 5.34. The lowest BCUT2D eigenvalue weighted by atomic mass is 9.87. The van der Waals surface area contributed by atoms with Crippen molar-refractivity contribution in [2.45, 2.75) is 18.4 Å². The Kier molecular flexibility index (Phi) is 2.67. The maximum Gasteiger partial charge on any atom is 0.242 e. The maximum absolute atomic E-state index is 11.6. The van der Waals surface area contributed by atoms with Gasteiger partial charge in [0.25, 0.3) is 0 Å². The standard InChI is InChI=1S/C11H13ClN2O/c12-9-5-2-1-4-8(9)11(10(13)15)6-3-7-14-11/h1-2,4-5,14H,3,6-7H2,(H2,13,15). The number of amides is 1. The van der Waals surface area contributed by atoms with Crippen LogP contribution in [0.3, 0.4) is 0 Å². The molecular formula is C11H13ClN2O. The summed E-state index contributed by atoms with van der Waals surface area (Å²) in [6.07, 6.45) is 1.65. The van der Waals surface area contributed by atoms with E-state index in [0.717, 1.165) is 18.5 Å². The Labute approximate surface area is 93.6 Å². The molecule has 80 valence electrons. The molecule has 1 aliphatic heterocycles. The van der Waals surface area contributed by atoms with E-state index in [4.69, 9.17) is 17.3 Å². The van der Waals surface area contributed by atoms with Crippen molar-refractivity contribution in [3.05, 3.63) is 34.9 Å². The molecule has 1 aromatic carbocycles. The van der Waals surface area contributed by atoms with E-state index in [-0.39, 0.29) is 5.91 Å². The van der Waals surface area contributed by atoms with Gasteiger partial charge in [-0.15, -0.1) is 0 Å². The zero-order chi connectivity index (χ0) is 10.9. The van der Waals surface area contributed by atoms with Gasteiger partial charge in [0, 0.05) is 10.6 Å². The summed E-state index contributed by atoms with van der Waals surface area (Å²) in [5, 5.41) is 3.76. The van der Waals surface area contributed by atoms with E-state index in [1.165, 1.54) is 0 Å². The van der Waals surface area contributed by atoms with Crippen LogP contribution in [0.4, 0.5) is 0 Å². The molecule has 1 aromatic rings. The Bertz CT molecular complexity index is 386. The first-order chi connectivity index (χ1) is 7.17. The number of benzene rings is 1. The molecule has 1 unspecified atom stereocenters. The Hall–Kier alpha value is -1.06. The van der Waals surface area contributed by atoms with Crippen LogP contribution in [-0.4, -0.2) is 12.5 Å². The molecule has 0 aliphatic carbocycles. The van der Waals surface area contributed by atoms with Gasteiger partial charge in [-0.25, -0.2) is 0 Å². The largest absolute Gasteiger partial charge is 0.368 e. The molecular weight excluding hydrogens is 212 g/mol. The first kappa shape index (κ1) is 10.5. The molecule has 3 N–H and O–H groups in total. The van der Waals surface area contributed by atoms with Gasteiger partial charge in [0.2, 0.25) is 5.91 Å². The van der Waals surface area contributed by atoms with Crippen LogP contribution in [0.5, 0.6) is 0 Å². The highest BCUT2D eigenvalue weighted by Gasteiger charge is 2.42. The summed E-state index contributed by atoms with van der Waals surface area (Å²) in [4.78, 5) is 11.6. The summed E-state index contributed by atoms with van der Waals surface area (Å²) >= 11 is 6.09. The van der Waals surface area contributed by atoms with Crippen molar-refractivity contribution in [2.24, 2.45) is 5.73 Å². The molecule has 1 saturated heterocycles. The van der Waals surface area contributed by atoms with E-state index in [0.29, 0.717) is 11.4 Å². The molecule has 15 heavy (non-hydrogen) atoms. The third-order valence-electron chi connectivity index (χ3n) is 2.91. The minimum Gasteiger partial charge on any atom is -0.368 e. The van der Waals surface area contributed by atoms with E-state index in [1.54, 1.807) is 6.07 Å². The van der Waals surface area contributed by atoms with Gasteiger partial charge in [-0.2, -0.15) is 0 Å². The SMILES string of the molecule is NC(=O)C1(c2ccccc2Cl)CCCN1. The Morgan fingerprint density at radius 2 is 2.20 bits per heavy atom. The fourth-order valence-electron chi connectivity index (χ4n) is 2.12. The number of hydrogen-bond donors (Lipinski definition) is 2. The summed E-state index contributed by atoms with van der Waals surface area (Å²) in [6.45, 7) is 0.800. The summed E-state index contributed by atoms with van der Waals surface area (Å²) in [7, 11) is 0. The predicted molar refractivity (Wildman–Crippen MR) is 59.6 cm³/mol. The number of halogens is 1. The van der Waals surface area contributed by atoms with Gasteiger partial charge < -0.3 is 5.73 Å². The van der Waals surface area contributed by atoms with Gasteiger partial charge in [-0.3, -0.25) is 10.1 Å². The molecule has 0 saturated carbocycles. The predicted octanol–water partition coefficient (Wildman–Crippen LogP) is 1.40. The van der Waals surface area contributed by atoms with Crippen LogP contribution in [-0.2, 0) is 10.3 Å². The van der Waals surface area contributed by atoms with Crippen molar-refractivity contribution in [1.29, 1.82) is 0 Å². The van der Waals surface area contributed by atoms with E-state index >= 15 is 0 Å². The molecule has 1 aliphatic rings. The second-order valence-corrected chi connectivity index (χ2v) is 4.19. The Morgan fingerprint density at radius 3 is 2.73 bits per heavy atom. The molecule has 4 heteroatoms. The van der Waals surface area contributed by atoms with Crippen LogP contribution >= 0.6 is 11.6 Å². The monoisotopic (exact) mass is 224 g/mol. The first-order valence-electron chi connectivity index (χ1n) is 4.97. The van der Waals surface area contributed by atoms with Gasteiger partial charge in [0.1, 0.15) is 5.54 Å². The van der Waals surface area contributed by atoms with E-state index in [1.807, 2.05) is 18.2 Å². The third-order valence-corrected chi connectivity index (χ3v) is 3.24. The fraction of sp³-hybridized carbons (Fsp3) is 0.364. The van der Waals surface area contributed by atoms with Crippen LogP contribution in [0.15, 0.2) is 24.3 Å². The molecule has 3 nitrogen and oxygen atoms in total. The van der Waals surface area contributed by atoms with Crippen LogP contribution in [0, 0.1) is 0 Å². The highest BCUT2D eigenvalue weighted by atomic mass is 35.5. The summed E-state index contributed by atoms with van der Waals surface area (Å²) in [5.74, 6) is -0.354. The molecule has 0 spiro atoms. The smallest absolute Gasteiger partial charge is 0.242 e. The lowest BCUT2D eigenvalue weighted by Gasteiger charge is -2.27. The van der Waals surface area contributed by atoms with Gasteiger partial charge >= 0.3 is 0 Å². The zero-order valence-electron chi connectivity index (χ0n) is 8.29. The van der Waals surface area contributed by atoms with Crippen molar-refractivity contribution in [3.8, 4) is 0 Å². The van der Waals surface area contributed by atoms with Crippen LogP contribution in [0.25, 0.3) is 0 Å². The number of nitrogens with one attached hydrogen (secondary N) is 1. The van der Waals surface area contributed by atoms with E-state index in [9.17, 15) is 4.79 Å². The Balaban J connectivity index is 2.50. The molecule has 0 radical (unpaired) electrons. The number of rotatable bonds is 2. The quantitative estimate of drug-likeness (QED) is 0.798.